The van der Waals surface area contributed by atoms with E-state index in [1.54, 1.807) is 10.7 Å². The zero-order valence-corrected chi connectivity index (χ0v) is 16.2. The summed E-state index contributed by atoms with van der Waals surface area (Å²) in [4.78, 5) is 24.1. The van der Waals surface area contributed by atoms with E-state index in [0.29, 0.717) is 31.7 Å². The van der Waals surface area contributed by atoms with Crippen LogP contribution in [0.5, 0.6) is 0 Å². The Morgan fingerprint density at radius 3 is 2.79 bits per heavy atom. The first-order valence-corrected chi connectivity index (χ1v) is 10.5. The second-order valence-corrected chi connectivity index (χ2v) is 8.28. The molecule has 2 aromatic rings. The maximum atomic E-state index is 12.5. The van der Waals surface area contributed by atoms with Crippen molar-refractivity contribution in [2.45, 2.75) is 70.2 Å². The molecule has 5 rings (SSSR count). The number of fused-ring (bicyclic) bond motifs is 1. The molecule has 2 fully saturated rings. The smallest absolute Gasteiger partial charge is 0.267 e. The van der Waals surface area contributed by atoms with E-state index >= 15 is 0 Å². The molecule has 1 aliphatic carbocycles. The Bertz CT molecular complexity index is 891. The Morgan fingerprint density at radius 1 is 1.14 bits per heavy atom. The maximum absolute atomic E-state index is 12.5. The molecule has 3 aliphatic rings. The topological polar surface area (TPSA) is 73.1 Å². The molecular formula is C21H27N5O2. The summed E-state index contributed by atoms with van der Waals surface area (Å²) in [5.41, 5.74) is 3.08. The lowest BCUT2D eigenvalue weighted by Crippen LogP contribution is -2.37. The molecule has 1 unspecified atom stereocenters. The van der Waals surface area contributed by atoms with Gasteiger partial charge in [-0.15, -0.1) is 0 Å². The summed E-state index contributed by atoms with van der Waals surface area (Å²) >= 11 is 0. The summed E-state index contributed by atoms with van der Waals surface area (Å²) in [5.74, 6) is 1.57. The highest BCUT2D eigenvalue weighted by Crippen LogP contribution is 2.34. The summed E-state index contributed by atoms with van der Waals surface area (Å²) in [6.07, 6.45) is 10.8. The lowest BCUT2D eigenvalue weighted by molar-refractivity contribution is 0.107. The van der Waals surface area contributed by atoms with E-state index < -0.39 is 0 Å². The van der Waals surface area contributed by atoms with Crippen molar-refractivity contribution in [1.82, 2.24) is 24.6 Å². The van der Waals surface area contributed by atoms with Gasteiger partial charge in [-0.25, -0.2) is 14.6 Å². The molecule has 28 heavy (non-hydrogen) atoms. The normalized spacial score (nSPS) is 22.8. The van der Waals surface area contributed by atoms with Gasteiger partial charge in [0, 0.05) is 54.5 Å². The number of hydrogen-bond donors (Lipinski definition) is 0. The van der Waals surface area contributed by atoms with Gasteiger partial charge in [-0.05, 0) is 32.2 Å². The predicted octanol–water partition coefficient (Wildman–Crippen LogP) is 2.04. The Balaban J connectivity index is 1.27. The van der Waals surface area contributed by atoms with E-state index in [9.17, 15) is 4.79 Å². The molecule has 0 spiro atoms. The molecule has 1 atom stereocenters. The standard InChI is InChI=1S/C21H27N5O2/c27-20-9-17-14-28-8-6-19(17)24-26(20)13-18-5-2-7-25(18)12-15-10-22-21(23-11-15)16-3-1-4-16/h9-11,16,18H,1-8,12-14H2. The molecule has 0 bridgehead atoms. The number of hydrogen-bond acceptors (Lipinski definition) is 6. The molecule has 4 heterocycles. The average Bonchev–Trinajstić information content (AvgIpc) is 3.09. The van der Waals surface area contributed by atoms with Gasteiger partial charge in [0.05, 0.1) is 25.5 Å². The number of aromatic nitrogens is 4. The number of ether oxygens (including phenoxy) is 1. The van der Waals surface area contributed by atoms with Crippen LogP contribution in [0.2, 0.25) is 0 Å². The van der Waals surface area contributed by atoms with Crippen molar-refractivity contribution in [1.29, 1.82) is 0 Å². The van der Waals surface area contributed by atoms with E-state index in [1.807, 2.05) is 12.4 Å². The van der Waals surface area contributed by atoms with Crippen molar-refractivity contribution in [3.8, 4) is 0 Å². The third kappa shape index (κ3) is 3.61. The predicted molar refractivity (Wildman–Crippen MR) is 104 cm³/mol. The summed E-state index contributed by atoms with van der Waals surface area (Å²) in [6, 6.07) is 2.03. The van der Waals surface area contributed by atoms with Crippen LogP contribution in [0.1, 0.15) is 60.7 Å². The fourth-order valence-electron chi connectivity index (χ4n) is 4.45. The van der Waals surface area contributed by atoms with Gasteiger partial charge in [0.25, 0.3) is 5.56 Å². The molecule has 0 radical (unpaired) electrons. The fourth-order valence-corrected chi connectivity index (χ4v) is 4.45. The van der Waals surface area contributed by atoms with Gasteiger partial charge in [0.1, 0.15) is 5.82 Å². The molecule has 0 N–H and O–H groups in total. The minimum absolute atomic E-state index is 0.0238. The third-order valence-corrected chi connectivity index (χ3v) is 6.37. The van der Waals surface area contributed by atoms with Crippen LogP contribution in [-0.2, 0) is 30.9 Å². The van der Waals surface area contributed by atoms with Gasteiger partial charge in [-0.3, -0.25) is 9.69 Å². The minimum Gasteiger partial charge on any atom is -0.376 e. The number of rotatable bonds is 5. The molecule has 7 heteroatoms. The zero-order chi connectivity index (χ0) is 18.9. The number of likely N-dealkylation sites (tertiary alicyclic amines) is 1. The maximum Gasteiger partial charge on any atom is 0.267 e. The lowest BCUT2D eigenvalue weighted by atomic mass is 9.85. The second-order valence-electron chi connectivity index (χ2n) is 8.28. The highest BCUT2D eigenvalue weighted by atomic mass is 16.5. The van der Waals surface area contributed by atoms with Crippen LogP contribution < -0.4 is 5.56 Å². The van der Waals surface area contributed by atoms with E-state index in [2.05, 4.69) is 20.0 Å². The molecule has 0 amide bonds. The molecule has 148 valence electrons. The van der Waals surface area contributed by atoms with Gasteiger partial charge in [-0.2, -0.15) is 5.10 Å². The minimum atomic E-state index is -0.0238. The zero-order valence-electron chi connectivity index (χ0n) is 16.2. The van der Waals surface area contributed by atoms with Gasteiger partial charge >= 0.3 is 0 Å². The van der Waals surface area contributed by atoms with Crippen molar-refractivity contribution in [2.24, 2.45) is 0 Å². The largest absolute Gasteiger partial charge is 0.376 e. The Hall–Kier alpha value is -2.12. The van der Waals surface area contributed by atoms with E-state index in [1.165, 1.54) is 19.3 Å². The fraction of sp³-hybridized carbons (Fsp3) is 0.619. The van der Waals surface area contributed by atoms with Gasteiger partial charge < -0.3 is 4.74 Å². The van der Waals surface area contributed by atoms with Crippen LogP contribution in [0.4, 0.5) is 0 Å². The monoisotopic (exact) mass is 381 g/mol. The SMILES string of the molecule is O=c1cc2c(nn1CC1CCCN1Cc1cnc(C3CCC3)nc1)CCOC2. The van der Waals surface area contributed by atoms with Crippen LogP contribution in [0.15, 0.2) is 23.3 Å². The summed E-state index contributed by atoms with van der Waals surface area (Å²) in [6.45, 7) is 3.72. The first-order chi connectivity index (χ1) is 13.8. The van der Waals surface area contributed by atoms with Crippen molar-refractivity contribution in [3.05, 3.63) is 51.5 Å². The lowest BCUT2D eigenvalue weighted by Gasteiger charge is -2.26. The summed E-state index contributed by atoms with van der Waals surface area (Å²) < 4.78 is 7.09. The molecule has 1 saturated carbocycles. The van der Waals surface area contributed by atoms with Crippen molar-refractivity contribution in [3.63, 3.8) is 0 Å². The summed E-state index contributed by atoms with van der Waals surface area (Å²) in [7, 11) is 0. The Morgan fingerprint density at radius 2 is 2.00 bits per heavy atom. The Labute approximate surface area is 164 Å². The van der Waals surface area contributed by atoms with Crippen LogP contribution in [0.3, 0.4) is 0 Å². The molecule has 2 aromatic heterocycles. The highest BCUT2D eigenvalue weighted by molar-refractivity contribution is 5.18. The average molecular weight is 381 g/mol. The summed E-state index contributed by atoms with van der Waals surface area (Å²) in [5, 5.41) is 4.64. The van der Waals surface area contributed by atoms with Crippen molar-refractivity contribution < 1.29 is 4.74 Å². The third-order valence-electron chi connectivity index (χ3n) is 6.37. The van der Waals surface area contributed by atoms with E-state index in [0.717, 1.165) is 55.0 Å². The number of nitrogens with zero attached hydrogens (tertiary/aromatic N) is 5. The van der Waals surface area contributed by atoms with Crippen LogP contribution in [0, 0.1) is 0 Å². The Kier molecular flexibility index (Phi) is 4.94. The van der Waals surface area contributed by atoms with Crippen LogP contribution in [-0.4, -0.2) is 43.8 Å². The van der Waals surface area contributed by atoms with Crippen LogP contribution >= 0.6 is 0 Å². The molecule has 7 nitrogen and oxygen atoms in total. The van der Waals surface area contributed by atoms with Crippen molar-refractivity contribution in [2.75, 3.05) is 13.2 Å². The first-order valence-electron chi connectivity index (χ1n) is 10.5. The van der Waals surface area contributed by atoms with Gasteiger partial charge in [0.15, 0.2) is 0 Å². The van der Waals surface area contributed by atoms with E-state index in [4.69, 9.17) is 4.74 Å². The van der Waals surface area contributed by atoms with E-state index in [-0.39, 0.29) is 5.56 Å². The molecule has 2 aliphatic heterocycles. The molecule has 0 aromatic carbocycles. The van der Waals surface area contributed by atoms with Crippen molar-refractivity contribution >= 4 is 0 Å². The quantitative estimate of drug-likeness (QED) is 0.789. The second kappa shape index (κ2) is 7.72. The molecular weight excluding hydrogens is 354 g/mol. The highest BCUT2D eigenvalue weighted by Gasteiger charge is 2.27. The van der Waals surface area contributed by atoms with Gasteiger partial charge in [0.2, 0.25) is 0 Å². The molecule has 1 saturated heterocycles. The van der Waals surface area contributed by atoms with Crippen LogP contribution in [0.25, 0.3) is 0 Å². The first kappa shape index (κ1) is 17.9. The van der Waals surface area contributed by atoms with Gasteiger partial charge in [-0.1, -0.05) is 6.42 Å².